The van der Waals surface area contributed by atoms with Gasteiger partial charge in [0.25, 0.3) is 0 Å². The van der Waals surface area contributed by atoms with Crippen LogP contribution in [-0.2, 0) is 17.4 Å². The summed E-state index contributed by atoms with van der Waals surface area (Å²) in [6.45, 7) is 5.94. The topological polar surface area (TPSA) is 55.1 Å². The Bertz CT molecular complexity index is 770. The number of rotatable bonds is 5. The third-order valence-electron chi connectivity index (χ3n) is 4.52. The van der Waals surface area contributed by atoms with E-state index in [-0.39, 0.29) is 11.6 Å². The van der Waals surface area contributed by atoms with Gasteiger partial charge in [-0.2, -0.15) is 13.2 Å². The SMILES string of the molecule is Cc1ccc(CC(C)[C@H](N)C(=O)Nc2ccc(C(F)(F)F)cc2)cc1C. The Kier molecular flexibility index (Phi) is 6.08. The second-order valence-electron chi connectivity index (χ2n) is 6.69. The van der Waals surface area contributed by atoms with Crippen LogP contribution in [0, 0.1) is 19.8 Å². The normalized spacial score (nSPS) is 14.0. The second-order valence-corrected chi connectivity index (χ2v) is 6.69. The molecule has 0 fully saturated rings. The van der Waals surface area contributed by atoms with E-state index < -0.39 is 23.7 Å². The Balaban J connectivity index is 1.98. The Labute approximate surface area is 151 Å². The Hall–Kier alpha value is -2.34. The van der Waals surface area contributed by atoms with E-state index in [1.54, 1.807) is 0 Å². The molecule has 0 bridgehead atoms. The first kappa shape index (κ1) is 20.0. The fraction of sp³-hybridized carbons (Fsp3) is 0.350. The van der Waals surface area contributed by atoms with Gasteiger partial charge in [0, 0.05) is 5.69 Å². The van der Waals surface area contributed by atoms with E-state index in [9.17, 15) is 18.0 Å². The lowest BCUT2D eigenvalue weighted by atomic mass is 9.92. The first-order valence-corrected chi connectivity index (χ1v) is 8.37. The fourth-order valence-electron chi connectivity index (χ4n) is 2.66. The van der Waals surface area contributed by atoms with Crippen LogP contribution in [0.1, 0.15) is 29.2 Å². The monoisotopic (exact) mass is 364 g/mol. The highest BCUT2D eigenvalue weighted by Crippen LogP contribution is 2.29. The van der Waals surface area contributed by atoms with Gasteiger partial charge in [-0.15, -0.1) is 0 Å². The minimum Gasteiger partial charge on any atom is -0.325 e. The third kappa shape index (κ3) is 5.08. The third-order valence-corrected chi connectivity index (χ3v) is 4.52. The molecule has 0 spiro atoms. The minimum atomic E-state index is -4.40. The highest BCUT2D eigenvalue weighted by atomic mass is 19.4. The van der Waals surface area contributed by atoms with Gasteiger partial charge < -0.3 is 11.1 Å². The van der Waals surface area contributed by atoms with Crippen LogP contribution in [0.25, 0.3) is 0 Å². The van der Waals surface area contributed by atoms with Gasteiger partial charge in [-0.25, -0.2) is 0 Å². The first-order chi connectivity index (χ1) is 12.1. The molecule has 2 atom stereocenters. The molecule has 26 heavy (non-hydrogen) atoms. The molecule has 140 valence electrons. The molecule has 6 heteroatoms. The number of benzene rings is 2. The summed E-state index contributed by atoms with van der Waals surface area (Å²) in [4.78, 5) is 12.3. The maximum atomic E-state index is 12.6. The number of nitrogens with one attached hydrogen (secondary N) is 1. The number of carbonyl (C=O) groups is 1. The quantitative estimate of drug-likeness (QED) is 0.823. The van der Waals surface area contributed by atoms with Crippen LogP contribution in [0.2, 0.25) is 0 Å². The van der Waals surface area contributed by atoms with Crippen LogP contribution in [0.5, 0.6) is 0 Å². The summed E-state index contributed by atoms with van der Waals surface area (Å²) in [7, 11) is 0. The molecule has 2 aromatic carbocycles. The summed E-state index contributed by atoms with van der Waals surface area (Å²) in [6, 6.07) is 9.66. The van der Waals surface area contributed by atoms with Gasteiger partial charge >= 0.3 is 6.18 Å². The van der Waals surface area contributed by atoms with E-state index in [2.05, 4.69) is 11.4 Å². The van der Waals surface area contributed by atoms with Gasteiger partial charge in [0.15, 0.2) is 0 Å². The van der Waals surface area contributed by atoms with Crippen molar-refractivity contribution in [3.05, 3.63) is 64.7 Å². The maximum absolute atomic E-state index is 12.6. The van der Waals surface area contributed by atoms with Crippen LogP contribution >= 0.6 is 0 Å². The fourth-order valence-corrected chi connectivity index (χ4v) is 2.66. The van der Waals surface area contributed by atoms with E-state index in [1.165, 1.54) is 23.3 Å². The van der Waals surface area contributed by atoms with Crippen LogP contribution in [0.4, 0.5) is 18.9 Å². The van der Waals surface area contributed by atoms with Gasteiger partial charge in [0.05, 0.1) is 11.6 Å². The van der Waals surface area contributed by atoms with Crippen molar-refractivity contribution < 1.29 is 18.0 Å². The smallest absolute Gasteiger partial charge is 0.325 e. The molecule has 0 radical (unpaired) electrons. The molecule has 3 nitrogen and oxygen atoms in total. The van der Waals surface area contributed by atoms with Gasteiger partial charge in [-0.3, -0.25) is 4.79 Å². The molecular formula is C20H23F3N2O. The number of hydrogen-bond acceptors (Lipinski definition) is 2. The van der Waals surface area contributed by atoms with Crippen molar-refractivity contribution in [2.75, 3.05) is 5.32 Å². The molecule has 0 aliphatic carbocycles. The average molecular weight is 364 g/mol. The number of aryl methyl sites for hydroxylation is 2. The van der Waals surface area contributed by atoms with Crippen molar-refractivity contribution in [3.63, 3.8) is 0 Å². The van der Waals surface area contributed by atoms with Gasteiger partial charge in [0.1, 0.15) is 0 Å². The van der Waals surface area contributed by atoms with Crippen LogP contribution in [-0.4, -0.2) is 11.9 Å². The van der Waals surface area contributed by atoms with Crippen molar-refractivity contribution in [2.24, 2.45) is 11.7 Å². The molecular weight excluding hydrogens is 341 g/mol. The highest BCUT2D eigenvalue weighted by molar-refractivity contribution is 5.94. The largest absolute Gasteiger partial charge is 0.416 e. The van der Waals surface area contributed by atoms with Crippen molar-refractivity contribution >= 4 is 11.6 Å². The van der Waals surface area contributed by atoms with Crippen LogP contribution in [0.3, 0.4) is 0 Å². The molecule has 2 rings (SSSR count). The molecule has 0 aliphatic heterocycles. The van der Waals surface area contributed by atoms with Crippen LogP contribution < -0.4 is 11.1 Å². The van der Waals surface area contributed by atoms with Crippen molar-refractivity contribution in [3.8, 4) is 0 Å². The maximum Gasteiger partial charge on any atom is 0.416 e. The predicted molar refractivity (Wildman–Crippen MR) is 96.8 cm³/mol. The van der Waals surface area contributed by atoms with E-state index in [1.807, 2.05) is 32.9 Å². The summed E-state index contributed by atoms with van der Waals surface area (Å²) in [5, 5.41) is 2.58. The van der Waals surface area contributed by atoms with Gasteiger partial charge in [0.2, 0.25) is 5.91 Å². The first-order valence-electron chi connectivity index (χ1n) is 8.37. The lowest BCUT2D eigenvalue weighted by molar-refractivity contribution is -0.137. The summed E-state index contributed by atoms with van der Waals surface area (Å²) in [6.07, 6.45) is -3.76. The second kappa shape index (κ2) is 7.91. The zero-order chi connectivity index (χ0) is 19.5. The number of amides is 1. The summed E-state index contributed by atoms with van der Waals surface area (Å²) in [5.41, 5.74) is 9.03. The standard InChI is InChI=1S/C20H23F3N2O/c1-12-4-5-15(10-13(12)2)11-14(3)18(24)19(26)25-17-8-6-16(7-9-17)20(21,22)23/h4-10,14,18H,11,24H2,1-3H3,(H,25,26)/t14?,18-/m0/s1. The molecule has 2 aromatic rings. The number of alkyl halides is 3. The van der Waals surface area contributed by atoms with E-state index in [4.69, 9.17) is 5.73 Å². The Morgan fingerprint density at radius 1 is 1.08 bits per heavy atom. The molecule has 0 aliphatic rings. The zero-order valence-electron chi connectivity index (χ0n) is 15.0. The molecule has 0 aromatic heterocycles. The van der Waals surface area contributed by atoms with E-state index in [0.717, 1.165) is 17.7 Å². The van der Waals surface area contributed by atoms with E-state index >= 15 is 0 Å². The van der Waals surface area contributed by atoms with Crippen molar-refractivity contribution in [1.82, 2.24) is 0 Å². The molecule has 0 saturated heterocycles. The van der Waals surface area contributed by atoms with Crippen molar-refractivity contribution in [1.29, 1.82) is 0 Å². The summed E-state index contributed by atoms with van der Waals surface area (Å²) < 4.78 is 37.7. The molecule has 1 unspecified atom stereocenters. The predicted octanol–water partition coefficient (Wildman–Crippen LogP) is 4.47. The number of halogens is 3. The average Bonchev–Trinajstić information content (AvgIpc) is 2.57. The van der Waals surface area contributed by atoms with E-state index in [0.29, 0.717) is 6.42 Å². The summed E-state index contributed by atoms with van der Waals surface area (Å²) in [5.74, 6) is -0.535. The number of carbonyl (C=O) groups excluding carboxylic acids is 1. The highest BCUT2D eigenvalue weighted by Gasteiger charge is 2.30. The number of hydrogen-bond donors (Lipinski definition) is 2. The number of nitrogens with two attached hydrogens (primary N) is 1. The molecule has 1 amide bonds. The molecule has 0 heterocycles. The lowest BCUT2D eigenvalue weighted by Gasteiger charge is -2.20. The zero-order valence-corrected chi connectivity index (χ0v) is 15.0. The van der Waals surface area contributed by atoms with Gasteiger partial charge in [-0.05, 0) is 67.1 Å². The summed E-state index contributed by atoms with van der Waals surface area (Å²) >= 11 is 0. The Morgan fingerprint density at radius 3 is 2.23 bits per heavy atom. The molecule has 3 N–H and O–H groups in total. The van der Waals surface area contributed by atoms with Gasteiger partial charge in [-0.1, -0.05) is 25.1 Å². The molecule has 0 saturated carbocycles. The van der Waals surface area contributed by atoms with Crippen LogP contribution in [0.15, 0.2) is 42.5 Å². The van der Waals surface area contributed by atoms with Crippen molar-refractivity contribution in [2.45, 2.75) is 39.4 Å². The Morgan fingerprint density at radius 2 is 1.69 bits per heavy atom. The lowest BCUT2D eigenvalue weighted by Crippen LogP contribution is -2.41. The number of anilines is 1. The minimum absolute atomic E-state index is 0.119.